The molecule has 4 heteroatoms. The number of hydrogen-bond acceptors (Lipinski definition) is 1. The molecular weight excluding hydrogens is 244 g/mol. The van der Waals surface area contributed by atoms with Gasteiger partial charge in [0.05, 0.1) is 0 Å². The van der Waals surface area contributed by atoms with Crippen molar-refractivity contribution in [1.29, 1.82) is 0 Å². The van der Waals surface area contributed by atoms with E-state index in [1.807, 2.05) is 0 Å². The van der Waals surface area contributed by atoms with Crippen LogP contribution in [0.5, 0.6) is 0 Å². The molecule has 0 amide bonds. The number of hydrogen-bond donors (Lipinski definition) is 1. The minimum atomic E-state index is -1.20. The summed E-state index contributed by atoms with van der Waals surface area (Å²) in [7, 11) is 0. The summed E-state index contributed by atoms with van der Waals surface area (Å²) in [6.45, 7) is -0.0532. The van der Waals surface area contributed by atoms with E-state index in [1.165, 1.54) is 0 Å². The Labute approximate surface area is 83.8 Å². The normalized spacial score (nSPS) is 13.0. The predicted molar refractivity (Wildman–Crippen MR) is 52.1 cm³/mol. The van der Waals surface area contributed by atoms with Crippen LogP contribution in [0.4, 0.5) is 4.39 Å². The van der Waals surface area contributed by atoms with Crippen LogP contribution in [0.1, 0.15) is 11.7 Å². The van der Waals surface area contributed by atoms with Crippen LogP contribution in [0.25, 0.3) is 0 Å². The van der Waals surface area contributed by atoms with Gasteiger partial charge >= 0.3 is 0 Å². The van der Waals surface area contributed by atoms with Gasteiger partial charge in [-0.3, -0.25) is 0 Å². The summed E-state index contributed by atoms with van der Waals surface area (Å²) in [4.78, 5) is 0. The number of benzene rings is 1. The van der Waals surface area contributed by atoms with E-state index in [0.29, 0.717) is 15.1 Å². The van der Waals surface area contributed by atoms with E-state index >= 15 is 0 Å². The lowest BCUT2D eigenvalue weighted by atomic mass is 10.1. The Morgan fingerprint density at radius 1 is 1.58 bits per heavy atom. The third kappa shape index (κ3) is 1.97. The van der Waals surface area contributed by atoms with E-state index in [-0.39, 0.29) is 6.54 Å². The summed E-state index contributed by atoms with van der Waals surface area (Å²) in [5.74, 6) is 0. The fourth-order valence-corrected chi connectivity index (χ4v) is 1.95. The number of nitrogens with two attached hydrogens (primary N) is 1. The molecule has 0 aromatic heterocycles. The largest absolute Gasteiger partial charge is 0.327 e. The monoisotopic (exact) mass is 251 g/mol. The van der Waals surface area contributed by atoms with Crippen LogP contribution < -0.4 is 5.73 Å². The zero-order valence-electron chi connectivity index (χ0n) is 6.23. The summed E-state index contributed by atoms with van der Waals surface area (Å²) in [6.07, 6.45) is -1.20. The highest BCUT2D eigenvalue weighted by molar-refractivity contribution is 9.10. The number of halogens is 3. The molecule has 1 aromatic carbocycles. The third-order valence-electron chi connectivity index (χ3n) is 1.52. The van der Waals surface area contributed by atoms with Crippen molar-refractivity contribution in [2.45, 2.75) is 6.17 Å². The second kappa shape index (κ2) is 4.21. The Morgan fingerprint density at radius 2 is 2.25 bits per heavy atom. The van der Waals surface area contributed by atoms with Crippen LogP contribution in [-0.4, -0.2) is 6.54 Å². The molecule has 66 valence electrons. The van der Waals surface area contributed by atoms with E-state index in [1.54, 1.807) is 18.2 Å². The van der Waals surface area contributed by atoms with Crippen molar-refractivity contribution in [1.82, 2.24) is 0 Å². The van der Waals surface area contributed by atoms with Crippen molar-refractivity contribution < 1.29 is 4.39 Å². The van der Waals surface area contributed by atoms with Crippen LogP contribution in [0.15, 0.2) is 22.7 Å². The van der Waals surface area contributed by atoms with Gasteiger partial charge in [-0.15, -0.1) is 0 Å². The number of alkyl halides is 1. The molecule has 0 spiro atoms. The Balaban J connectivity index is 3.12. The molecule has 1 atom stereocenters. The molecule has 0 saturated carbocycles. The summed E-state index contributed by atoms with van der Waals surface area (Å²) in [5.41, 5.74) is 5.62. The third-order valence-corrected chi connectivity index (χ3v) is 2.54. The fourth-order valence-electron chi connectivity index (χ4n) is 0.928. The van der Waals surface area contributed by atoms with E-state index in [2.05, 4.69) is 15.9 Å². The smallest absolute Gasteiger partial charge is 0.140 e. The highest BCUT2D eigenvalue weighted by atomic mass is 79.9. The maximum Gasteiger partial charge on any atom is 0.140 e. The second-order valence-corrected chi connectivity index (χ2v) is 3.60. The van der Waals surface area contributed by atoms with Gasteiger partial charge in [-0.2, -0.15) is 0 Å². The standard InChI is InChI=1S/C8H8BrClFN/c9-5-2-1-3-6(10)8(5)7(11)4-12/h1-3,7H,4,12H2. The van der Waals surface area contributed by atoms with Gasteiger partial charge in [0, 0.05) is 21.6 Å². The first-order valence-corrected chi connectivity index (χ1v) is 4.62. The van der Waals surface area contributed by atoms with Crippen LogP contribution in [0, 0.1) is 0 Å². The molecular formula is C8H8BrClFN. The maximum atomic E-state index is 13.1. The molecule has 12 heavy (non-hydrogen) atoms. The molecule has 0 aliphatic carbocycles. The van der Waals surface area contributed by atoms with Gasteiger partial charge in [-0.1, -0.05) is 33.6 Å². The van der Waals surface area contributed by atoms with Crippen LogP contribution >= 0.6 is 27.5 Å². The highest BCUT2D eigenvalue weighted by Crippen LogP contribution is 2.31. The van der Waals surface area contributed by atoms with Gasteiger partial charge in [-0.05, 0) is 12.1 Å². The molecule has 1 unspecified atom stereocenters. The molecule has 1 aromatic rings. The summed E-state index contributed by atoms with van der Waals surface area (Å²) in [6, 6.07) is 5.13. The molecule has 0 fully saturated rings. The van der Waals surface area contributed by atoms with E-state index in [0.717, 1.165) is 0 Å². The Bertz CT molecular complexity index is 260. The van der Waals surface area contributed by atoms with Gasteiger partial charge in [0.2, 0.25) is 0 Å². The van der Waals surface area contributed by atoms with Crippen molar-refractivity contribution in [2.75, 3.05) is 6.54 Å². The van der Waals surface area contributed by atoms with Crippen LogP contribution in [0.2, 0.25) is 5.02 Å². The van der Waals surface area contributed by atoms with Gasteiger partial charge in [0.25, 0.3) is 0 Å². The van der Waals surface area contributed by atoms with E-state index in [9.17, 15) is 4.39 Å². The lowest BCUT2D eigenvalue weighted by molar-refractivity contribution is 0.352. The minimum Gasteiger partial charge on any atom is -0.327 e. The SMILES string of the molecule is NCC(F)c1c(Cl)cccc1Br. The fraction of sp³-hybridized carbons (Fsp3) is 0.250. The second-order valence-electron chi connectivity index (χ2n) is 2.34. The molecule has 2 N–H and O–H groups in total. The topological polar surface area (TPSA) is 26.0 Å². The average molecular weight is 253 g/mol. The molecule has 0 saturated heterocycles. The van der Waals surface area contributed by atoms with E-state index in [4.69, 9.17) is 17.3 Å². The first-order chi connectivity index (χ1) is 5.66. The molecule has 1 nitrogen and oxygen atoms in total. The highest BCUT2D eigenvalue weighted by Gasteiger charge is 2.14. The Morgan fingerprint density at radius 3 is 2.75 bits per heavy atom. The molecule has 0 aliphatic rings. The van der Waals surface area contributed by atoms with Gasteiger partial charge in [-0.25, -0.2) is 4.39 Å². The zero-order valence-corrected chi connectivity index (χ0v) is 8.57. The Kier molecular flexibility index (Phi) is 3.50. The molecule has 0 aliphatic heterocycles. The van der Waals surface area contributed by atoms with Gasteiger partial charge < -0.3 is 5.73 Å². The molecule has 1 rings (SSSR count). The first kappa shape index (κ1) is 9.96. The maximum absolute atomic E-state index is 13.1. The molecule has 0 heterocycles. The van der Waals surface area contributed by atoms with E-state index < -0.39 is 6.17 Å². The van der Waals surface area contributed by atoms with Crippen molar-refractivity contribution in [3.8, 4) is 0 Å². The number of rotatable bonds is 2. The quantitative estimate of drug-likeness (QED) is 0.860. The van der Waals surface area contributed by atoms with Gasteiger partial charge in [0.15, 0.2) is 0 Å². The molecule has 0 radical (unpaired) electrons. The van der Waals surface area contributed by atoms with Crippen molar-refractivity contribution in [3.63, 3.8) is 0 Å². The van der Waals surface area contributed by atoms with Crippen LogP contribution in [0.3, 0.4) is 0 Å². The lowest BCUT2D eigenvalue weighted by Crippen LogP contribution is -2.08. The van der Waals surface area contributed by atoms with Crippen molar-refractivity contribution in [3.05, 3.63) is 33.3 Å². The predicted octanol–water partition coefficient (Wildman–Crippen LogP) is 3.07. The zero-order chi connectivity index (χ0) is 9.14. The van der Waals surface area contributed by atoms with Crippen LogP contribution in [-0.2, 0) is 0 Å². The first-order valence-electron chi connectivity index (χ1n) is 3.45. The van der Waals surface area contributed by atoms with Crippen molar-refractivity contribution in [2.24, 2.45) is 5.73 Å². The average Bonchev–Trinajstić information content (AvgIpc) is 2.03. The summed E-state index contributed by atoms with van der Waals surface area (Å²) >= 11 is 8.99. The Hall–Kier alpha value is -0.120. The molecule has 0 bridgehead atoms. The minimum absolute atomic E-state index is 0.0532. The summed E-state index contributed by atoms with van der Waals surface area (Å²) in [5, 5.41) is 0.405. The van der Waals surface area contributed by atoms with Gasteiger partial charge in [0.1, 0.15) is 6.17 Å². The lowest BCUT2D eigenvalue weighted by Gasteiger charge is -2.09. The summed E-state index contributed by atoms with van der Waals surface area (Å²) < 4.78 is 13.8. The van der Waals surface area contributed by atoms with Crippen molar-refractivity contribution >= 4 is 27.5 Å².